The van der Waals surface area contributed by atoms with E-state index in [4.69, 9.17) is 0 Å². The molecule has 1 unspecified atom stereocenters. The van der Waals surface area contributed by atoms with E-state index in [0.717, 1.165) is 6.42 Å². The Labute approximate surface area is 88.8 Å². The Morgan fingerprint density at radius 1 is 1.38 bits per heavy atom. The summed E-state index contributed by atoms with van der Waals surface area (Å²) in [6.45, 7) is 8.10. The highest BCUT2D eigenvalue weighted by molar-refractivity contribution is 9.09. The fourth-order valence-corrected chi connectivity index (χ4v) is 1.44. The monoisotopic (exact) mass is 238 g/mol. The van der Waals surface area contributed by atoms with Gasteiger partial charge >= 0.3 is 0 Å². The first-order valence-electron chi connectivity index (χ1n) is 4.52. The molecular formula is C12H15Br. The Morgan fingerprint density at radius 3 is 2.31 bits per heavy atom. The second-order valence-electron chi connectivity index (χ2n) is 3.38. The molecule has 0 radical (unpaired) electrons. The lowest BCUT2D eigenvalue weighted by Crippen LogP contribution is -2.10. The molecule has 0 aliphatic carbocycles. The molecular weight excluding hydrogens is 224 g/mol. The zero-order chi connectivity index (χ0) is 9.90. The lowest BCUT2D eigenvalue weighted by Gasteiger charge is -2.20. The molecule has 70 valence electrons. The summed E-state index contributed by atoms with van der Waals surface area (Å²) in [5.41, 5.74) is 2.49. The van der Waals surface area contributed by atoms with Gasteiger partial charge in [-0.3, -0.25) is 0 Å². The number of rotatable bonds is 3. The minimum absolute atomic E-state index is 0.104. The Bertz CT molecular complexity index is 282. The van der Waals surface area contributed by atoms with Crippen LogP contribution in [0.25, 0.3) is 6.08 Å². The van der Waals surface area contributed by atoms with E-state index in [-0.39, 0.29) is 4.32 Å². The first-order valence-corrected chi connectivity index (χ1v) is 5.31. The van der Waals surface area contributed by atoms with Crippen LogP contribution >= 0.6 is 15.9 Å². The van der Waals surface area contributed by atoms with Crippen LogP contribution in [-0.4, -0.2) is 0 Å². The summed E-state index contributed by atoms with van der Waals surface area (Å²) >= 11 is 3.71. The molecule has 0 nitrogen and oxygen atoms in total. The standard InChI is InChI=1S/C12H15Br/c1-4-10-6-8-11(9-7-10)12(3,13)5-2/h4,6-9H,1,5H2,2-3H3. The molecule has 0 saturated heterocycles. The zero-order valence-corrected chi connectivity index (χ0v) is 9.76. The maximum atomic E-state index is 3.73. The normalized spacial score (nSPS) is 15.0. The molecule has 1 aromatic rings. The fourth-order valence-electron chi connectivity index (χ4n) is 1.17. The largest absolute Gasteiger partial charge is 0.0985 e. The molecule has 0 aromatic heterocycles. The lowest BCUT2D eigenvalue weighted by atomic mass is 9.97. The molecule has 0 saturated carbocycles. The molecule has 0 bridgehead atoms. The van der Waals surface area contributed by atoms with Crippen LogP contribution in [0.2, 0.25) is 0 Å². The van der Waals surface area contributed by atoms with Gasteiger partial charge in [0.1, 0.15) is 0 Å². The van der Waals surface area contributed by atoms with E-state index in [1.165, 1.54) is 11.1 Å². The predicted octanol–water partition coefficient (Wildman–Crippen LogP) is 4.35. The van der Waals surface area contributed by atoms with Crippen molar-refractivity contribution in [3.05, 3.63) is 42.0 Å². The van der Waals surface area contributed by atoms with Crippen LogP contribution < -0.4 is 0 Å². The SMILES string of the molecule is C=Cc1ccc(C(C)(Br)CC)cc1. The van der Waals surface area contributed by atoms with Gasteiger partial charge in [-0.2, -0.15) is 0 Å². The third-order valence-corrected chi connectivity index (χ3v) is 3.43. The second-order valence-corrected chi connectivity index (χ2v) is 5.13. The van der Waals surface area contributed by atoms with E-state index in [1.807, 2.05) is 6.08 Å². The number of hydrogen-bond donors (Lipinski definition) is 0. The Balaban J connectivity index is 2.98. The van der Waals surface area contributed by atoms with Crippen LogP contribution in [0.1, 0.15) is 31.4 Å². The van der Waals surface area contributed by atoms with Crippen LogP contribution in [0.4, 0.5) is 0 Å². The van der Waals surface area contributed by atoms with Crippen molar-refractivity contribution in [1.82, 2.24) is 0 Å². The molecule has 0 N–H and O–H groups in total. The molecule has 0 spiro atoms. The molecule has 0 aliphatic heterocycles. The van der Waals surface area contributed by atoms with Gasteiger partial charge in [-0.05, 0) is 24.5 Å². The molecule has 0 fully saturated rings. The number of halogens is 1. The van der Waals surface area contributed by atoms with E-state index < -0.39 is 0 Å². The molecule has 1 atom stereocenters. The van der Waals surface area contributed by atoms with Crippen LogP contribution in [0.5, 0.6) is 0 Å². The van der Waals surface area contributed by atoms with Gasteiger partial charge in [0, 0.05) is 4.32 Å². The molecule has 1 heteroatoms. The van der Waals surface area contributed by atoms with Gasteiger partial charge in [0.05, 0.1) is 0 Å². The minimum atomic E-state index is 0.104. The summed E-state index contributed by atoms with van der Waals surface area (Å²) in [7, 11) is 0. The third-order valence-electron chi connectivity index (χ3n) is 2.41. The lowest BCUT2D eigenvalue weighted by molar-refractivity contribution is 0.681. The van der Waals surface area contributed by atoms with Gasteiger partial charge in [0.15, 0.2) is 0 Å². The van der Waals surface area contributed by atoms with Gasteiger partial charge in [0.25, 0.3) is 0 Å². The Hall–Kier alpha value is -0.560. The summed E-state index contributed by atoms with van der Waals surface area (Å²) in [5, 5.41) is 0. The highest BCUT2D eigenvalue weighted by Crippen LogP contribution is 2.33. The summed E-state index contributed by atoms with van der Waals surface area (Å²) < 4.78 is 0.104. The van der Waals surface area contributed by atoms with Crippen molar-refractivity contribution in [1.29, 1.82) is 0 Å². The third kappa shape index (κ3) is 2.44. The molecule has 0 aliphatic rings. The van der Waals surface area contributed by atoms with Crippen LogP contribution in [0.15, 0.2) is 30.8 Å². The number of alkyl halides is 1. The first-order chi connectivity index (χ1) is 6.10. The average molecular weight is 239 g/mol. The minimum Gasteiger partial charge on any atom is -0.0985 e. The highest BCUT2D eigenvalue weighted by atomic mass is 79.9. The first kappa shape index (κ1) is 10.5. The van der Waals surface area contributed by atoms with E-state index in [2.05, 4.69) is 60.6 Å². The van der Waals surface area contributed by atoms with Crippen molar-refractivity contribution < 1.29 is 0 Å². The van der Waals surface area contributed by atoms with Gasteiger partial charge in [0.2, 0.25) is 0 Å². The van der Waals surface area contributed by atoms with E-state index >= 15 is 0 Å². The average Bonchev–Trinajstić information content (AvgIpc) is 2.18. The summed E-state index contributed by atoms with van der Waals surface area (Å²) in [5.74, 6) is 0. The molecule has 0 amide bonds. The Kier molecular flexibility index (Phi) is 3.32. The number of hydrogen-bond acceptors (Lipinski definition) is 0. The van der Waals surface area contributed by atoms with Crippen LogP contribution in [0.3, 0.4) is 0 Å². The van der Waals surface area contributed by atoms with Crippen molar-refractivity contribution in [2.45, 2.75) is 24.6 Å². The quantitative estimate of drug-likeness (QED) is 0.688. The summed E-state index contributed by atoms with van der Waals surface area (Å²) in [6, 6.07) is 8.49. The van der Waals surface area contributed by atoms with Crippen molar-refractivity contribution in [3.63, 3.8) is 0 Å². The van der Waals surface area contributed by atoms with Gasteiger partial charge < -0.3 is 0 Å². The Morgan fingerprint density at radius 2 is 1.92 bits per heavy atom. The van der Waals surface area contributed by atoms with Gasteiger partial charge in [-0.25, -0.2) is 0 Å². The maximum Gasteiger partial charge on any atom is 0.0475 e. The zero-order valence-electron chi connectivity index (χ0n) is 8.18. The summed E-state index contributed by atoms with van der Waals surface area (Å²) in [6.07, 6.45) is 2.95. The fraction of sp³-hybridized carbons (Fsp3) is 0.333. The molecule has 1 rings (SSSR count). The highest BCUT2D eigenvalue weighted by Gasteiger charge is 2.19. The van der Waals surface area contributed by atoms with Crippen molar-refractivity contribution in [2.75, 3.05) is 0 Å². The number of benzene rings is 1. The van der Waals surface area contributed by atoms with E-state index in [1.54, 1.807) is 0 Å². The second kappa shape index (κ2) is 4.10. The molecule has 13 heavy (non-hydrogen) atoms. The van der Waals surface area contributed by atoms with Crippen molar-refractivity contribution >= 4 is 22.0 Å². The van der Waals surface area contributed by atoms with Gasteiger partial charge in [-0.1, -0.05) is 59.8 Å². The smallest absolute Gasteiger partial charge is 0.0475 e. The topological polar surface area (TPSA) is 0 Å². The molecule has 0 heterocycles. The van der Waals surface area contributed by atoms with Crippen LogP contribution in [0, 0.1) is 0 Å². The van der Waals surface area contributed by atoms with Gasteiger partial charge in [-0.15, -0.1) is 0 Å². The van der Waals surface area contributed by atoms with Crippen molar-refractivity contribution in [3.8, 4) is 0 Å². The van der Waals surface area contributed by atoms with Crippen molar-refractivity contribution in [2.24, 2.45) is 0 Å². The summed E-state index contributed by atoms with van der Waals surface area (Å²) in [4.78, 5) is 0. The van der Waals surface area contributed by atoms with E-state index in [9.17, 15) is 0 Å². The predicted molar refractivity (Wildman–Crippen MR) is 63.1 cm³/mol. The molecule has 1 aromatic carbocycles. The van der Waals surface area contributed by atoms with E-state index in [0.29, 0.717) is 0 Å². The maximum absolute atomic E-state index is 3.73. The van der Waals surface area contributed by atoms with Crippen LogP contribution in [-0.2, 0) is 4.32 Å².